The monoisotopic (exact) mass is 319 g/mol. The molecule has 7 nitrogen and oxygen atoms in total. The fourth-order valence-electron chi connectivity index (χ4n) is 2.20. The first kappa shape index (κ1) is 15.2. The molecule has 1 aromatic heterocycles. The summed E-state index contributed by atoms with van der Waals surface area (Å²) in [5.74, 6) is 0.154. The Morgan fingerprint density at radius 2 is 2.15 bits per heavy atom. The second-order valence-electron chi connectivity index (χ2n) is 4.68. The summed E-state index contributed by atoms with van der Waals surface area (Å²) in [5.41, 5.74) is 0. The fraction of sp³-hybridized carbons (Fsp3) is 0.545. The number of sulfonamides is 1. The van der Waals surface area contributed by atoms with Gasteiger partial charge in [-0.05, 0) is 18.6 Å². The Morgan fingerprint density at radius 3 is 2.70 bits per heavy atom. The maximum atomic E-state index is 12.6. The van der Waals surface area contributed by atoms with Crippen molar-refractivity contribution in [3.05, 3.63) is 18.3 Å². The molecule has 2 heterocycles. The number of sulfone groups is 1. The quantitative estimate of drug-likeness (QED) is 0.834. The topological polar surface area (TPSA) is 96.4 Å². The van der Waals surface area contributed by atoms with Gasteiger partial charge in [-0.3, -0.25) is 0 Å². The van der Waals surface area contributed by atoms with Gasteiger partial charge in [0.15, 0.2) is 9.84 Å². The van der Waals surface area contributed by atoms with Crippen molar-refractivity contribution in [1.82, 2.24) is 9.29 Å². The number of hydrogen-bond acceptors (Lipinski definition) is 6. The highest BCUT2D eigenvalue weighted by Crippen LogP contribution is 2.26. The van der Waals surface area contributed by atoms with Crippen LogP contribution in [0.3, 0.4) is 0 Å². The highest BCUT2D eigenvalue weighted by Gasteiger charge is 2.37. The van der Waals surface area contributed by atoms with Crippen LogP contribution < -0.4 is 5.32 Å². The molecule has 1 aliphatic heterocycles. The molecule has 0 saturated carbocycles. The van der Waals surface area contributed by atoms with Gasteiger partial charge in [0, 0.05) is 26.3 Å². The van der Waals surface area contributed by atoms with Gasteiger partial charge in [0.05, 0.1) is 11.5 Å². The molecule has 112 valence electrons. The van der Waals surface area contributed by atoms with Gasteiger partial charge in [-0.25, -0.2) is 21.8 Å². The molecule has 1 N–H and O–H groups in total. The van der Waals surface area contributed by atoms with E-state index in [9.17, 15) is 16.8 Å². The molecule has 0 radical (unpaired) electrons. The second kappa shape index (κ2) is 5.30. The number of nitrogens with zero attached hydrogens (tertiary/aromatic N) is 2. The standard InChI is InChI=1S/C11H17N3O4S2/c1-12-11-10(4-3-6-13-11)20(17,18)14(2)9-5-7-19(15,16)8-9/h3-4,6,9H,5,7-8H2,1-2H3,(H,12,13). The van der Waals surface area contributed by atoms with Gasteiger partial charge in [0.2, 0.25) is 10.0 Å². The molecule has 1 atom stereocenters. The number of aromatic nitrogens is 1. The first-order valence-corrected chi connectivity index (χ1v) is 9.35. The molecular formula is C11H17N3O4S2. The first-order valence-electron chi connectivity index (χ1n) is 6.09. The highest BCUT2D eigenvalue weighted by atomic mass is 32.2. The van der Waals surface area contributed by atoms with E-state index in [1.165, 1.54) is 25.4 Å². The molecule has 1 aliphatic rings. The van der Waals surface area contributed by atoms with Gasteiger partial charge in [-0.1, -0.05) is 0 Å². The zero-order chi connectivity index (χ0) is 15.0. The third-order valence-electron chi connectivity index (χ3n) is 3.39. The van der Waals surface area contributed by atoms with Crippen molar-refractivity contribution in [2.75, 3.05) is 30.9 Å². The maximum absolute atomic E-state index is 12.6. The van der Waals surface area contributed by atoms with E-state index in [1.807, 2.05) is 0 Å². The minimum absolute atomic E-state index is 0.0312. The Balaban J connectivity index is 2.35. The Labute approximate surface area is 119 Å². The molecule has 1 aromatic rings. The Bertz CT molecular complexity index is 700. The van der Waals surface area contributed by atoms with Crippen LogP contribution in [0, 0.1) is 0 Å². The van der Waals surface area contributed by atoms with Crippen LogP contribution in [0.5, 0.6) is 0 Å². The summed E-state index contributed by atoms with van der Waals surface area (Å²) < 4.78 is 49.2. The van der Waals surface area contributed by atoms with Crippen LogP contribution in [-0.4, -0.2) is 57.8 Å². The van der Waals surface area contributed by atoms with Crippen molar-refractivity contribution in [3.63, 3.8) is 0 Å². The normalized spacial score (nSPS) is 22.1. The van der Waals surface area contributed by atoms with E-state index in [2.05, 4.69) is 10.3 Å². The Morgan fingerprint density at radius 1 is 1.45 bits per heavy atom. The third-order valence-corrected chi connectivity index (χ3v) is 7.08. The Kier molecular flexibility index (Phi) is 4.03. The number of rotatable bonds is 4. The van der Waals surface area contributed by atoms with Crippen molar-refractivity contribution < 1.29 is 16.8 Å². The third kappa shape index (κ3) is 2.79. The van der Waals surface area contributed by atoms with E-state index < -0.39 is 25.9 Å². The van der Waals surface area contributed by atoms with E-state index >= 15 is 0 Å². The van der Waals surface area contributed by atoms with Crippen molar-refractivity contribution >= 4 is 25.7 Å². The van der Waals surface area contributed by atoms with Crippen molar-refractivity contribution in [1.29, 1.82) is 0 Å². The summed E-state index contributed by atoms with van der Waals surface area (Å²) in [6.07, 6.45) is 1.82. The smallest absolute Gasteiger partial charge is 0.246 e. The zero-order valence-electron chi connectivity index (χ0n) is 11.3. The maximum Gasteiger partial charge on any atom is 0.246 e. The number of hydrogen-bond donors (Lipinski definition) is 1. The van der Waals surface area contributed by atoms with Crippen molar-refractivity contribution in [3.8, 4) is 0 Å². The van der Waals surface area contributed by atoms with Crippen molar-refractivity contribution in [2.45, 2.75) is 17.4 Å². The summed E-state index contributed by atoms with van der Waals surface area (Å²) in [4.78, 5) is 4.02. The molecule has 9 heteroatoms. The number of pyridine rings is 1. The van der Waals surface area contributed by atoms with Gasteiger partial charge >= 0.3 is 0 Å². The van der Waals surface area contributed by atoms with Crippen LogP contribution in [0.2, 0.25) is 0 Å². The minimum Gasteiger partial charge on any atom is -0.372 e. The van der Waals surface area contributed by atoms with Crippen LogP contribution in [0.4, 0.5) is 5.82 Å². The van der Waals surface area contributed by atoms with Gasteiger partial charge < -0.3 is 5.32 Å². The van der Waals surface area contributed by atoms with Crippen LogP contribution in [0.25, 0.3) is 0 Å². The molecule has 0 aliphatic carbocycles. The van der Waals surface area contributed by atoms with E-state index in [0.29, 0.717) is 6.42 Å². The molecular weight excluding hydrogens is 302 g/mol. The van der Waals surface area contributed by atoms with Gasteiger partial charge in [-0.2, -0.15) is 4.31 Å². The lowest BCUT2D eigenvalue weighted by molar-refractivity contribution is 0.394. The molecule has 0 amide bonds. The van der Waals surface area contributed by atoms with Crippen molar-refractivity contribution in [2.24, 2.45) is 0 Å². The van der Waals surface area contributed by atoms with Gasteiger partial charge in [0.1, 0.15) is 10.7 Å². The second-order valence-corrected chi connectivity index (χ2v) is 8.87. The lowest BCUT2D eigenvalue weighted by Crippen LogP contribution is -2.38. The van der Waals surface area contributed by atoms with E-state index in [4.69, 9.17) is 0 Å². The summed E-state index contributed by atoms with van der Waals surface area (Å²) in [6.45, 7) is 0. The predicted molar refractivity (Wildman–Crippen MR) is 75.8 cm³/mol. The molecule has 1 fully saturated rings. The molecule has 2 rings (SSSR count). The van der Waals surface area contributed by atoms with Crippen LogP contribution in [0.15, 0.2) is 23.2 Å². The number of nitrogens with one attached hydrogen (secondary N) is 1. The van der Waals surface area contributed by atoms with E-state index in [0.717, 1.165) is 4.31 Å². The van der Waals surface area contributed by atoms with Gasteiger partial charge in [0.25, 0.3) is 0 Å². The average molecular weight is 319 g/mol. The molecule has 1 unspecified atom stereocenters. The minimum atomic E-state index is -3.77. The number of anilines is 1. The lowest BCUT2D eigenvalue weighted by Gasteiger charge is -2.23. The van der Waals surface area contributed by atoms with Gasteiger partial charge in [-0.15, -0.1) is 0 Å². The highest BCUT2D eigenvalue weighted by molar-refractivity contribution is 7.92. The summed E-state index contributed by atoms with van der Waals surface area (Å²) in [6, 6.07) is 2.47. The average Bonchev–Trinajstić information content (AvgIpc) is 2.78. The molecule has 0 spiro atoms. The summed E-state index contributed by atoms with van der Waals surface area (Å²) >= 11 is 0. The lowest BCUT2D eigenvalue weighted by atomic mass is 10.3. The largest absolute Gasteiger partial charge is 0.372 e. The fourth-order valence-corrected chi connectivity index (χ4v) is 5.60. The summed E-state index contributed by atoms with van der Waals surface area (Å²) in [7, 11) is -3.91. The van der Waals surface area contributed by atoms with Crippen LogP contribution >= 0.6 is 0 Å². The van der Waals surface area contributed by atoms with Crippen LogP contribution in [-0.2, 0) is 19.9 Å². The SMILES string of the molecule is CNc1ncccc1S(=O)(=O)N(C)C1CCS(=O)(=O)C1. The van der Waals surface area contributed by atoms with E-state index in [-0.39, 0.29) is 22.2 Å². The molecule has 0 bridgehead atoms. The predicted octanol–water partition coefficient (Wildman–Crippen LogP) is -0.0691. The summed E-state index contributed by atoms with van der Waals surface area (Å²) in [5, 5.41) is 2.73. The van der Waals surface area contributed by atoms with Crippen LogP contribution in [0.1, 0.15) is 6.42 Å². The Hall–Kier alpha value is -1.19. The molecule has 20 heavy (non-hydrogen) atoms. The molecule has 1 saturated heterocycles. The zero-order valence-corrected chi connectivity index (χ0v) is 12.9. The molecule has 0 aromatic carbocycles. The van der Waals surface area contributed by atoms with E-state index in [1.54, 1.807) is 7.05 Å². The first-order chi connectivity index (χ1) is 9.28.